The van der Waals surface area contributed by atoms with Crippen molar-refractivity contribution in [2.45, 2.75) is 59.4 Å². The number of Topliss-reactive ketones (excluding diaryl/α,β-unsaturated/α-hetero) is 1. The molecular weight excluding hydrogens is 492 g/mol. The average molecular weight is 533 g/mol. The van der Waals surface area contributed by atoms with E-state index in [1.54, 1.807) is 22.4 Å². The number of likely N-dealkylation sites (tertiary alicyclic amines) is 1. The Morgan fingerprint density at radius 3 is 2.46 bits per heavy atom. The number of ether oxygens (including phenoxy) is 1. The summed E-state index contributed by atoms with van der Waals surface area (Å²) in [5, 5.41) is 11.6. The molecule has 0 radical (unpaired) electrons. The van der Waals surface area contributed by atoms with Crippen LogP contribution in [-0.2, 0) is 9.59 Å². The van der Waals surface area contributed by atoms with Crippen LogP contribution in [0.15, 0.2) is 54.2 Å². The lowest BCUT2D eigenvalue weighted by molar-refractivity contribution is -0.140. The summed E-state index contributed by atoms with van der Waals surface area (Å²) in [7, 11) is 0. The SMILES string of the molecule is CCCCCOc1ccc(C2C(=C(O)c3c(C)nc4ccccn34)C(=O)C(=O)N2CCCN(CC)CC)cc1. The Morgan fingerprint density at radius 2 is 1.77 bits per heavy atom. The van der Waals surface area contributed by atoms with E-state index >= 15 is 0 Å². The zero-order chi connectivity index (χ0) is 27.9. The number of carbonyl (C=O) groups excluding carboxylic acids is 2. The fourth-order valence-electron chi connectivity index (χ4n) is 5.28. The number of ketones is 1. The number of pyridine rings is 1. The van der Waals surface area contributed by atoms with Crippen LogP contribution in [0.25, 0.3) is 11.4 Å². The van der Waals surface area contributed by atoms with E-state index in [1.165, 1.54) is 0 Å². The maximum atomic E-state index is 13.5. The first-order chi connectivity index (χ1) is 18.9. The fraction of sp³-hybridized carbons (Fsp3) is 0.452. The van der Waals surface area contributed by atoms with Crippen LogP contribution in [0, 0.1) is 6.92 Å². The van der Waals surface area contributed by atoms with Crippen LogP contribution in [0.5, 0.6) is 5.75 Å². The summed E-state index contributed by atoms with van der Waals surface area (Å²) in [4.78, 5) is 35.3. The van der Waals surface area contributed by atoms with Gasteiger partial charge in [0.25, 0.3) is 11.7 Å². The van der Waals surface area contributed by atoms with Crippen molar-refractivity contribution in [3.63, 3.8) is 0 Å². The van der Waals surface area contributed by atoms with Gasteiger partial charge in [0.2, 0.25) is 0 Å². The molecule has 208 valence electrons. The van der Waals surface area contributed by atoms with E-state index in [1.807, 2.05) is 42.5 Å². The number of amides is 1. The summed E-state index contributed by atoms with van der Waals surface area (Å²) in [6.45, 7) is 11.9. The molecule has 8 nitrogen and oxygen atoms in total. The van der Waals surface area contributed by atoms with Gasteiger partial charge in [-0.15, -0.1) is 0 Å². The molecule has 1 unspecified atom stereocenters. The van der Waals surface area contributed by atoms with E-state index in [0.717, 1.165) is 56.6 Å². The molecule has 39 heavy (non-hydrogen) atoms. The lowest BCUT2D eigenvalue weighted by Gasteiger charge is -2.27. The zero-order valence-electron chi connectivity index (χ0n) is 23.5. The summed E-state index contributed by atoms with van der Waals surface area (Å²) < 4.78 is 7.63. The van der Waals surface area contributed by atoms with Crippen molar-refractivity contribution in [2.75, 3.05) is 32.8 Å². The minimum atomic E-state index is -0.704. The Balaban J connectivity index is 1.73. The number of unbranched alkanes of at least 4 members (excludes halogenated alkanes) is 2. The Hall–Kier alpha value is -3.65. The lowest BCUT2D eigenvalue weighted by atomic mass is 9.96. The molecule has 0 saturated carbocycles. The summed E-state index contributed by atoms with van der Waals surface area (Å²) in [5.74, 6) is -0.732. The number of aliphatic hydroxyl groups excluding tert-OH is 1. The van der Waals surface area contributed by atoms with E-state index < -0.39 is 17.7 Å². The number of rotatable bonds is 13. The van der Waals surface area contributed by atoms with E-state index in [-0.39, 0.29) is 11.3 Å². The van der Waals surface area contributed by atoms with Crippen LogP contribution >= 0.6 is 0 Å². The summed E-state index contributed by atoms with van der Waals surface area (Å²) in [6, 6.07) is 12.4. The van der Waals surface area contributed by atoms with Gasteiger partial charge >= 0.3 is 0 Å². The molecule has 3 heterocycles. The molecule has 0 aliphatic carbocycles. The molecular formula is C31H40N4O4. The van der Waals surface area contributed by atoms with Gasteiger partial charge in [-0.25, -0.2) is 4.98 Å². The number of aryl methyl sites for hydroxylation is 1. The van der Waals surface area contributed by atoms with E-state index in [9.17, 15) is 14.7 Å². The highest BCUT2D eigenvalue weighted by molar-refractivity contribution is 6.46. The Kier molecular flexibility index (Phi) is 9.41. The Labute approximate surface area is 230 Å². The number of hydrogen-bond donors (Lipinski definition) is 1. The molecule has 2 aromatic heterocycles. The molecule has 1 amide bonds. The van der Waals surface area contributed by atoms with Crippen molar-refractivity contribution in [1.29, 1.82) is 0 Å². The summed E-state index contributed by atoms with van der Waals surface area (Å²) in [5.41, 5.74) is 2.51. The van der Waals surface area contributed by atoms with Gasteiger partial charge in [0.05, 0.1) is 23.9 Å². The standard InChI is InChI=1S/C31H40N4O4/c1-5-8-11-21-39-24-16-14-23(15-17-24)28-26(29(36)27-22(4)32-25-13-9-10-19-34(25)27)30(37)31(38)35(28)20-12-18-33(6-2)7-3/h9-10,13-17,19,28,36H,5-8,11-12,18,20-21H2,1-4H3. The number of fused-ring (bicyclic) bond motifs is 1. The Morgan fingerprint density at radius 1 is 1.03 bits per heavy atom. The van der Waals surface area contributed by atoms with Crippen LogP contribution in [0.2, 0.25) is 0 Å². The largest absolute Gasteiger partial charge is 0.505 e. The zero-order valence-corrected chi connectivity index (χ0v) is 23.5. The second kappa shape index (κ2) is 12.9. The van der Waals surface area contributed by atoms with Crippen LogP contribution in [0.4, 0.5) is 0 Å². The third kappa shape index (κ3) is 6.01. The lowest BCUT2D eigenvalue weighted by Crippen LogP contribution is -2.33. The number of benzene rings is 1. The normalized spacial score (nSPS) is 17.1. The molecule has 1 atom stereocenters. The molecule has 0 bridgehead atoms. The summed E-state index contributed by atoms with van der Waals surface area (Å²) in [6.07, 6.45) is 5.75. The molecule has 1 fully saturated rings. The highest BCUT2D eigenvalue weighted by Gasteiger charge is 2.46. The molecule has 1 saturated heterocycles. The molecule has 1 aliphatic rings. The van der Waals surface area contributed by atoms with Gasteiger partial charge in [-0.2, -0.15) is 0 Å². The van der Waals surface area contributed by atoms with Crippen LogP contribution in [0.3, 0.4) is 0 Å². The highest BCUT2D eigenvalue weighted by atomic mass is 16.5. The second-order valence-electron chi connectivity index (χ2n) is 9.97. The molecule has 4 rings (SSSR count). The summed E-state index contributed by atoms with van der Waals surface area (Å²) >= 11 is 0. The predicted octanol–water partition coefficient (Wildman–Crippen LogP) is 5.37. The van der Waals surface area contributed by atoms with Gasteiger partial charge in [0.15, 0.2) is 5.76 Å². The average Bonchev–Trinajstić information content (AvgIpc) is 3.41. The van der Waals surface area contributed by atoms with E-state index in [4.69, 9.17) is 4.74 Å². The second-order valence-corrected chi connectivity index (χ2v) is 9.97. The monoisotopic (exact) mass is 532 g/mol. The molecule has 0 spiro atoms. The number of nitrogens with zero attached hydrogens (tertiary/aromatic N) is 4. The Bertz CT molecular complexity index is 1320. The first-order valence-electron chi connectivity index (χ1n) is 14.1. The highest BCUT2D eigenvalue weighted by Crippen LogP contribution is 2.40. The fourth-order valence-corrected chi connectivity index (χ4v) is 5.28. The van der Waals surface area contributed by atoms with Crippen molar-refractivity contribution in [1.82, 2.24) is 19.2 Å². The molecule has 3 aromatic rings. The topological polar surface area (TPSA) is 87.4 Å². The number of imidazole rings is 1. The van der Waals surface area contributed by atoms with Gasteiger partial charge in [-0.3, -0.25) is 14.0 Å². The number of hydrogen-bond acceptors (Lipinski definition) is 6. The maximum absolute atomic E-state index is 13.5. The van der Waals surface area contributed by atoms with Crippen LogP contribution in [0.1, 0.15) is 69.4 Å². The third-order valence-electron chi connectivity index (χ3n) is 7.45. The third-order valence-corrected chi connectivity index (χ3v) is 7.45. The number of aromatic nitrogens is 2. The van der Waals surface area contributed by atoms with Crippen molar-refractivity contribution in [3.8, 4) is 5.75 Å². The van der Waals surface area contributed by atoms with Crippen LogP contribution < -0.4 is 4.74 Å². The van der Waals surface area contributed by atoms with Gasteiger partial charge in [-0.05, 0) is 69.2 Å². The minimum absolute atomic E-state index is 0.0909. The molecule has 1 aromatic carbocycles. The molecule has 1 aliphatic heterocycles. The number of aliphatic hydroxyl groups is 1. The first kappa shape index (κ1) is 28.4. The first-order valence-corrected chi connectivity index (χ1v) is 14.1. The quantitative estimate of drug-likeness (QED) is 0.138. The molecule has 8 heteroatoms. The van der Waals surface area contributed by atoms with Crippen molar-refractivity contribution >= 4 is 23.1 Å². The van der Waals surface area contributed by atoms with Gasteiger partial charge in [0.1, 0.15) is 17.1 Å². The van der Waals surface area contributed by atoms with E-state index in [2.05, 4.69) is 30.7 Å². The molecule has 1 N–H and O–H groups in total. The van der Waals surface area contributed by atoms with Crippen LogP contribution in [-0.4, -0.2) is 68.8 Å². The van der Waals surface area contributed by atoms with Crippen molar-refractivity contribution < 1.29 is 19.4 Å². The maximum Gasteiger partial charge on any atom is 0.295 e. The minimum Gasteiger partial charge on any atom is -0.505 e. The number of carbonyl (C=O) groups is 2. The van der Waals surface area contributed by atoms with Gasteiger partial charge < -0.3 is 19.6 Å². The predicted molar refractivity (Wildman–Crippen MR) is 153 cm³/mol. The van der Waals surface area contributed by atoms with Crippen molar-refractivity contribution in [2.24, 2.45) is 0 Å². The van der Waals surface area contributed by atoms with Gasteiger partial charge in [0, 0.05) is 12.7 Å². The smallest absolute Gasteiger partial charge is 0.295 e. The van der Waals surface area contributed by atoms with Crippen molar-refractivity contribution in [3.05, 3.63) is 71.2 Å². The van der Waals surface area contributed by atoms with Gasteiger partial charge in [-0.1, -0.05) is 51.8 Å². The van der Waals surface area contributed by atoms with E-state index in [0.29, 0.717) is 30.2 Å².